The monoisotopic (exact) mass is 316 g/mol. The Kier molecular flexibility index (Phi) is 3.32. The van der Waals surface area contributed by atoms with Crippen LogP contribution in [0.5, 0.6) is 5.75 Å². The molecule has 0 amide bonds. The fourth-order valence-corrected chi connectivity index (χ4v) is 3.84. The first kappa shape index (κ1) is 14.5. The van der Waals surface area contributed by atoms with Crippen molar-refractivity contribution in [2.75, 3.05) is 18.0 Å². The van der Waals surface area contributed by atoms with E-state index in [2.05, 4.69) is 4.90 Å². The quantitative estimate of drug-likeness (QED) is 0.922. The third-order valence-corrected chi connectivity index (χ3v) is 5.06. The molecule has 0 unspecified atom stereocenters. The van der Waals surface area contributed by atoms with Gasteiger partial charge in [0, 0.05) is 30.6 Å². The predicted molar refractivity (Wildman–Crippen MR) is 88.9 cm³/mol. The van der Waals surface area contributed by atoms with E-state index in [0.29, 0.717) is 16.6 Å². The summed E-state index contributed by atoms with van der Waals surface area (Å²) in [6.45, 7) is 3.55. The summed E-state index contributed by atoms with van der Waals surface area (Å²) in [4.78, 5) is 14.4. The van der Waals surface area contributed by atoms with Crippen LogP contribution in [0.3, 0.4) is 0 Å². The SMILES string of the molecule is Cc1c(N2CCCCC2)c(F)cc2c(O)cc(=O)n(C3CC3)c12. The molecule has 1 aromatic carbocycles. The third-order valence-electron chi connectivity index (χ3n) is 5.06. The minimum Gasteiger partial charge on any atom is -0.507 e. The molecule has 122 valence electrons. The number of hydrogen-bond acceptors (Lipinski definition) is 3. The second-order valence-electron chi connectivity index (χ2n) is 6.74. The van der Waals surface area contributed by atoms with Gasteiger partial charge in [-0.25, -0.2) is 4.39 Å². The van der Waals surface area contributed by atoms with Crippen LogP contribution >= 0.6 is 0 Å². The minimum atomic E-state index is -0.312. The molecule has 0 bridgehead atoms. The molecule has 1 N–H and O–H groups in total. The average Bonchev–Trinajstić information content (AvgIpc) is 3.34. The molecule has 1 saturated heterocycles. The van der Waals surface area contributed by atoms with Gasteiger partial charge in [-0.3, -0.25) is 4.79 Å². The molecule has 4 rings (SSSR count). The van der Waals surface area contributed by atoms with Crippen LogP contribution in [0.2, 0.25) is 0 Å². The molecule has 2 aromatic rings. The average molecular weight is 316 g/mol. The van der Waals surface area contributed by atoms with Crippen LogP contribution in [0.1, 0.15) is 43.7 Å². The van der Waals surface area contributed by atoms with Crippen molar-refractivity contribution in [3.05, 3.63) is 33.9 Å². The summed E-state index contributed by atoms with van der Waals surface area (Å²) >= 11 is 0. The zero-order chi connectivity index (χ0) is 16.1. The van der Waals surface area contributed by atoms with Crippen molar-refractivity contribution in [3.63, 3.8) is 0 Å². The number of hydrogen-bond donors (Lipinski definition) is 1. The lowest BCUT2D eigenvalue weighted by atomic mass is 10.0. The molecule has 1 aliphatic heterocycles. The molecule has 1 aromatic heterocycles. The Morgan fingerprint density at radius 1 is 1.17 bits per heavy atom. The number of pyridine rings is 1. The van der Waals surface area contributed by atoms with Crippen molar-refractivity contribution in [2.45, 2.75) is 45.1 Å². The van der Waals surface area contributed by atoms with E-state index >= 15 is 0 Å². The molecule has 0 atom stereocenters. The summed E-state index contributed by atoms with van der Waals surface area (Å²) < 4.78 is 16.5. The minimum absolute atomic E-state index is 0.130. The van der Waals surface area contributed by atoms with Crippen LogP contribution in [0.15, 0.2) is 16.9 Å². The Morgan fingerprint density at radius 2 is 1.87 bits per heavy atom. The first-order chi connectivity index (χ1) is 11.1. The number of halogens is 1. The summed E-state index contributed by atoms with van der Waals surface area (Å²) in [5.41, 5.74) is 1.86. The van der Waals surface area contributed by atoms with E-state index in [1.54, 1.807) is 4.57 Å². The van der Waals surface area contributed by atoms with E-state index in [4.69, 9.17) is 0 Å². The highest BCUT2D eigenvalue weighted by molar-refractivity contribution is 5.92. The lowest BCUT2D eigenvalue weighted by Crippen LogP contribution is -2.31. The van der Waals surface area contributed by atoms with E-state index < -0.39 is 0 Å². The Bertz CT molecular complexity index is 833. The molecule has 4 nitrogen and oxygen atoms in total. The van der Waals surface area contributed by atoms with Gasteiger partial charge >= 0.3 is 0 Å². The maximum absolute atomic E-state index is 14.8. The molecule has 5 heteroatoms. The van der Waals surface area contributed by atoms with Gasteiger partial charge < -0.3 is 14.6 Å². The highest BCUT2D eigenvalue weighted by Gasteiger charge is 2.29. The largest absolute Gasteiger partial charge is 0.507 e. The normalized spacial score (nSPS) is 18.6. The van der Waals surface area contributed by atoms with E-state index in [1.807, 2.05) is 6.92 Å². The smallest absolute Gasteiger partial charge is 0.255 e. The van der Waals surface area contributed by atoms with Crippen molar-refractivity contribution >= 4 is 16.6 Å². The van der Waals surface area contributed by atoms with Crippen LogP contribution in [-0.4, -0.2) is 22.8 Å². The zero-order valence-electron chi connectivity index (χ0n) is 13.3. The van der Waals surface area contributed by atoms with Gasteiger partial charge in [0.1, 0.15) is 11.6 Å². The maximum atomic E-state index is 14.8. The summed E-state index contributed by atoms with van der Waals surface area (Å²) in [5.74, 6) is -0.442. The zero-order valence-corrected chi connectivity index (χ0v) is 13.3. The maximum Gasteiger partial charge on any atom is 0.255 e. The van der Waals surface area contributed by atoms with Gasteiger partial charge in [0.25, 0.3) is 5.56 Å². The van der Waals surface area contributed by atoms with Gasteiger partial charge in [0.15, 0.2) is 0 Å². The van der Waals surface area contributed by atoms with Crippen molar-refractivity contribution < 1.29 is 9.50 Å². The van der Waals surface area contributed by atoms with Gasteiger partial charge in [-0.2, -0.15) is 0 Å². The van der Waals surface area contributed by atoms with Crippen molar-refractivity contribution in [3.8, 4) is 5.75 Å². The number of aromatic nitrogens is 1. The number of nitrogens with zero attached hydrogens (tertiary/aromatic N) is 2. The summed E-state index contributed by atoms with van der Waals surface area (Å²) in [7, 11) is 0. The summed E-state index contributed by atoms with van der Waals surface area (Å²) in [6.07, 6.45) is 5.24. The molecule has 2 fully saturated rings. The second-order valence-corrected chi connectivity index (χ2v) is 6.74. The number of anilines is 1. The molecule has 0 spiro atoms. The topological polar surface area (TPSA) is 45.5 Å². The lowest BCUT2D eigenvalue weighted by Gasteiger charge is -2.31. The van der Waals surface area contributed by atoms with Crippen LogP contribution < -0.4 is 10.5 Å². The lowest BCUT2D eigenvalue weighted by molar-refractivity contribution is 0.478. The Balaban J connectivity index is 2.02. The second kappa shape index (κ2) is 5.25. The third kappa shape index (κ3) is 2.30. The standard InChI is InChI=1S/C18H21FN2O2/c1-11-17-13(15(22)10-16(23)21(17)12-5-6-12)9-14(19)18(11)20-7-3-2-4-8-20/h9-10,12,22H,2-8H2,1H3. The number of aromatic hydroxyl groups is 1. The summed E-state index contributed by atoms with van der Waals surface area (Å²) in [5, 5.41) is 10.6. The van der Waals surface area contributed by atoms with Crippen molar-refractivity contribution in [2.24, 2.45) is 0 Å². The Morgan fingerprint density at radius 3 is 2.52 bits per heavy atom. The molecular weight excluding hydrogens is 295 g/mol. The van der Waals surface area contributed by atoms with E-state index in [0.717, 1.165) is 44.3 Å². The Hall–Kier alpha value is -2.04. The fourth-order valence-electron chi connectivity index (χ4n) is 3.84. The number of aryl methyl sites for hydroxylation is 1. The highest BCUT2D eigenvalue weighted by atomic mass is 19.1. The highest BCUT2D eigenvalue weighted by Crippen LogP contribution is 2.41. The number of benzene rings is 1. The van der Waals surface area contributed by atoms with Crippen molar-refractivity contribution in [1.29, 1.82) is 0 Å². The van der Waals surface area contributed by atoms with Gasteiger partial charge in [0.2, 0.25) is 0 Å². The molecule has 0 radical (unpaired) electrons. The van der Waals surface area contributed by atoms with Crippen molar-refractivity contribution in [1.82, 2.24) is 4.57 Å². The molecule has 2 aliphatic rings. The van der Waals surface area contributed by atoms with Crippen LogP contribution in [0.4, 0.5) is 10.1 Å². The van der Waals surface area contributed by atoms with Gasteiger partial charge in [-0.1, -0.05) is 0 Å². The van der Waals surface area contributed by atoms with E-state index in [1.165, 1.54) is 18.6 Å². The first-order valence-corrected chi connectivity index (χ1v) is 8.40. The van der Waals surface area contributed by atoms with Gasteiger partial charge in [-0.05, 0) is 50.7 Å². The molecule has 1 aliphatic carbocycles. The molecule has 23 heavy (non-hydrogen) atoms. The summed E-state index contributed by atoms with van der Waals surface area (Å²) in [6, 6.07) is 2.78. The van der Waals surface area contributed by atoms with Gasteiger partial charge in [0.05, 0.1) is 11.2 Å². The molecule has 1 saturated carbocycles. The molecular formula is C18H21FN2O2. The number of rotatable bonds is 2. The van der Waals surface area contributed by atoms with Gasteiger partial charge in [-0.15, -0.1) is 0 Å². The first-order valence-electron chi connectivity index (χ1n) is 8.40. The van der Waals surface area contributed by atoms with E-state index in [9.17, 15) is 14.3 Å². The Labute approximate surface area is 134 Å². The van der Waals surface area contributed by atoms with Crippen LogP contribution in [0.25, 0.3) is 10.9 Å². The number of fused-ring (bicyclic) bond motifs is 1. The number of piperidine rings is 1. The van der Waals surface area contributed by atoms with E-state index in [-0.39, 0.29) is 23.2 Å². The van der Waals surface area contributed by atoms with Crippen LogP contribution in [-0.2, 0) is 0 Å². The molecule has 2 heterocycles. The van der Waals surface area contributed by atoms with Crippen LogP contribution in [0, 0.1) is 12.7 Å². The predicted octanol–water partition coefficient (Wildman–Crippen LogP) is 3.48. The fraction of sp³-hybridized carbons (Fsp3) is 0.500.